The Bertz CT molecular complexity index is 652. The third-order valence-corrected chi connectivity index (χ3v) is 3.58. The largest absolute Gasteiger partial charge is 0.497 e. The van der Waals surface area contributed by atoms with E-state index in [1.807, 2.05) is 37.4 Å². The summed E-state index contributed by atoms with van der Waals surface area (Å²) in [6.45, 7) is 2.85. The highest BCUT2D eigenvalue weighted by Crippen LogP contribution is 2.26. The van der Waals surface area contributed by atoms with E-state index in [4.69, 9.17) is 15.9 Å². The van der Waals surface area contributed by atoms with Crippen molar-refractivity contribution in [3.63, 3.8) is 0 Å². The Kier molecular flexibility index (Phi) is 4.48. The van der Waals surface area contributed by atoms with E-state index in [1.165, 1.54) is 11.1 Å². The maximum atomic E-state index is 7.73. The van der Waals surface area contributed by atoms with E-state index in [2.05, 4.69) is 24.0 Å². The van der Waals surface area contributed by atoms with E-state index in [-0.39, 0.29) is 5.84 Å². The molecule has 0 spiro atoms. The predicted octanol–water partition coefficient (Wildman–Crippen LogP) is 2.92. The summed E-state index contributed by atoms with van der Waals surface area (Å²) in [5, 5.41) is 7.73. The zero-order chi connectivity index (χ0) is 15.4. The molecule has 2 aromatic rings. The van der Waals surface area contributed by atoms with Crippen LogP contribution in [0.5, 0.6) is 5.75 Å². The highest BCUT2D eigenvalue weighted by Gasteiger charge is 2.12. The first-order valence-corrected chi connectivity index (χ1v) is 6.81. The van der Waals surface area contributed by atoms with Crippen LogP contribution in [0.2, 0.25) is 0 Å². The van der Waals surface area contributed by atoms with Gasteiger partial charge in [-0.05, 0) is 30.2 Å². The van der Waals surface area contributed by atoms with Crippen molar-refractivity contribution >= 4 is 11.5 Å². The van der Waals surface area contributed by atoms with Crippen LogP contribution in [0.25, 0.3) is 0 Å². The van der Waals surface area contributed by atoms with Crippen molar-refractivity contribution in [3.05, 3.63) is 59.2 Å². The molecule has 21 heavy (non-hydrogen) atoms. The Labute approximate surface area is 125 Å². The number of methoxy groups -OCH3 is 1. The van der Waals surface area contributed by atoms with Crippen molar-refractivity contribution in [2.75, 3.05) is 19.1 Å². The number of hydrogen-bond donors (Lipinski definition) is 2. The van der Waals surface area contributed by atoms with Gasteiger partial charge in [0.15, 0.2) is 0 Å². The number of amidine groups is 1. The second-order valence-corrected chi connectivity index (χ2v) is 5.08. The summed E-state index contributed by atoms with van der Waals surface area (Å²) in [6, 6.07) is 13.8. The average molecular weight is 283 g/mol. The summed E-state index contributed by atoms with van der Waals surface area (Å²) >= 11 is 0. The SMILES string of the molecule is COc1ccc(C(=N)N)c(N(C)Cc2ccccc2C)c1. The van der Waals surface area contributed by atoms with Gasteiger partial charge in [0.25, 0.3) is 0 Å². The molecule has 0 aliphatic carbocycles. The number of anilines is 1. The number of hydrogen-bond acceptors (Lipinski definition) is 3. The Morgan fingerprint density at radius 2 is 1.95 bits per heavy atom. The number of benzene rings is 2. The van der Waals surface area contributed by atoms with Crippen LogP contribution >= 0.6 is 0 Å². The highest BCUT2D eigenvalue weighted by molar-refractivity contribution is 6.00. The normalized spacial score (nSPS) is 10.2. The topological polar surface area (TPSA) is 62.3 Å². The zero-order valence-electron chi connectivity index (χ0n) is 12.7. The summed E-state index contributed by atoms with van der Waals surface area (Å²) in [5.41, 5.74) is 9.79. The second kappa shape index (κ2) is 6.31. The molecule has 0 aliphatic rings. The van der Waals surface area contributed by atoms with Crippen LogP contribution in [0.4, 0.5) is 5.69 Å². The van der Waals surface area contributed by atoms with E-state index in [9.17, 15) is 0 Å². The molecule has 3 N–H and O–H groups in total. The molecule has 0 aromatic heterocycles. The Hall–Kier alpha value is -2.49. The number of nitrogens with one attached hydrogen (secondary N) is 1. The van der Waals surface area contributed by atoms with E-state index < -0.39 is 0 Å². The van der Waals surface area contributed by atoms with Crippen LogP contribution in [0.15, 0.2) is 42.5 Å². The lowest BCUT2D eigenvalue weighted by Crippen LogP contribution is -2.22. The van der Waals surface area contributed by atoms with Crippen molar-refractivity contribution in [2.45, 2.75) is 13.5 Å². The Morgan fingerprint density at radius 1 is 1.24 bits per heavy atom. The van der Waals surface area contributed by atoms with Gasteiger partial charge in [0.05, 0.1) is 12.8 Å². The lowest BCUT2D eigenvalue weighted by Gasteiger charge is -2.23. The summed E-state index contributed by atoms with van der Waals surface area (Å²) in [5.74, 6) is 0.816. The van der Waals surface area contributed by atoms with Gasteiger partial charge in [-0.15, -0.1) is 0 Å². The molecule has 0 aliphatic heterocycles. The molecule has 4 nitrogen and oxygen atoms in total. The van der Waals surface area contributed by atoms with Crippen LogP contribution in [-0.2, 0) is 6.54 Å². The summed E-state index contributed by atoms with van der Waals surface area (Å²) in [7, 11) is 3.63. The summed E-state index contributed by atoms with van der Waals surface area (Å²) in [6.07, 6.45) is 0. The number of rotatable bonds is 5. The van der Waals surface area contributed by atoms with Crippen LogP contribution in [0.3, 0.4) is 0 Å². The van der Waals surface area contributed by atoms with Crippen LogP contribution in [-0.4, -0.2) is 20.0 Å². The molecule has 110 valence electrons. The Morgan fingerprint density at radius 3 is 2.57 bits per heavy atom. The minimum Gasteiger partial charge on any atom is -0.497 e. The molecule has 0 radical (unpaired) electrons. The van der Waals surface area contributed by atoms with Crippen molar-refractivity contribution in [3.8, 4) is 5.75 Å². The monoisotopic (exact) mass is 283 g/mol. The molecule has 0 bridgehead atoms. The van der Waals surface area contributed by atoms with Gasteiger partial charge in [-0.1, -0.05) is 24.3 Å². The number of nitrogen functional groups attached to an aromatic ring is 1. The summed E-state index contributed by atoms with van der Waals surface area (Å²) < 4.78 is 5.28. The van der Waals surface area contributed by atoms with Gasteiger partial charge in [0.1, 0.15) is 11.6 Å². The van der Waals surface area contributed by atoms with Crippen LogP contribution in [0.1, 0.15) is 16.7 Å². The second-order valence-electron chi connectivity index (χ2n) is 5.08. The van der Waals surface area contributed by atoms with Gasteiger partial charge >= 0.3 is 0 Å². The van der Waals surface area contributed by atoms with Crippen molar-refractivity contribution in [2.24, 2.45) is 5.73 Å². The van der Waals surface area contributed by atoms with Crippen LogP contribution < -0.4 is 15.4 Å². The molecule has 2 aromatic carbocycles. The van der Waals surface area contributed by atoms with Gasteiger partial charge in [0, 0.05) is 25.2 Å². The highest BCUT2D eigenvalue weighted by atomic mass is 16.5. The fourth-order valence-corrected chi connectivity index (χ4v) is 2.31. The van der Waals surface area contributed by atoms with Crippen LogP contribution in [0, 0.1) is 12.3 Å². The Balaban J connectivity index is 2.35. The van der Waals surface area contributed by atoms with Gasteiger partial charge < -0.3 is 15.4 Å². The van der Waals surface area contributed by atoms with Gasteiger partial charge in [-0.2, -0.15) is 0 Å². The molecule has 0 amide bonds. The first-order chi connectivity index (χ1) is 10.0. The smallest absolute Gasteiger partial charge is 0.124 e. The van der Waals surface area contributed by atoms with Crippen molar-refractivity contribution in [1.29, 1.82) is 5.41 Å². The predicted molar refractivity (Wildman–Crippen MR) is 87.3 cm³/mol. The number of ether oxygens (including phenoxy) is 1. The van der Waals surface area contributed by atoms with E-state index >= 15 is 0 Å². The maximum absolute atomic E-state index is 7.73. The molecule has 0 unspecified atom stereocenters. The van der Waals surface area contributed by atoms with E-state index in [1.54, 1.807) is 7.11 Å². The zero-order valence-corrected chi connectivity index (χ0v) is 12.7. The first kappa shape index (κ1) is 14.9. The molecule has 4 heteroatoms. The van der Waals surface area contributed by atoms with E-state index in [0.717, 1.165) is 18.0 Å². The van der Waals surface area contributed by atoms with Crippen molar-refractivity contribution in [1.82, 2.24) is 0 Å². The fourth-order valence-electron chi connectivity index (χ4n) is 2.31. The van der Waals surface area contributed by atoms with Gasteiger partial charge in [0.2, 0.25) is 0 Å². The minimum atomic E-state index is 0.0595. The molecule has 0 atom stereocenters. The molecular weight excluding hydrogens is 262 g/mol. The lowest BCUT2D eigenvalue weighted by molar-refractivity contribution is 0.415. The summed E-state index contributed by atoms with van der Waals surface area (Å²) in [4.78, 5) is 2.08. The average Bonchev–Trinajstić information content (AvgIpc) is 2.48. The quantitative estimate of drug-likeness (QED) is 0.655. The lowest BCUT2D eigenvalue weighted by atomic mass is 10.1. The first-order valence-electron chi connectivity index (χ1n) is 6.81. The third kappa shape index (κ3) is 3.34. The third-order valence-electron chi connectivity index (χ3n) is 3.58. The van der Waals surface area contributed by atoms with Gasteiger partial charge in [-0.25, -0.2) is 0 Å². The molecule has 0 saturated carbocycles. The number of aryl methyl sites for hydroxylation is 1. The molecule has 0 saturated heterocycles. The van der Waals surface area contributed by atoms with Crippen molar-refractivity contribution < 1.29 is 4.74 Å². The molecule has 0 fully saturated rings. The standard InChI is InChI=1S/C17H21N3O/c1-12-6-4-5-7-13(12)11-20(2)16-10-14(21-3)8-9-15(16)17(18)19/h4-10H,11H2,1-3H3,(H3,18,19). The minimum absolute atomic E-state index is 0.0595. The molecule has 2 rings (SSSR count). The maximum Gasteiger partial charge on any atom is 0.124 e. The fraction of sp³-hybridized carbons (Fsp3) is 0.235. The number of nitrogens with two attached hydrogens (primary N) is 1. The van der Waals surface area contributed by atoms with Gasteiger partial charge in [-0.3, -0.25) is 5.41 Å². The molecule has 0 heterocycles. The molecular formula is C17H21N3O. The number of nitrogens with zero attached hydrogens (tertiary/aromatic N) is 1. The van der Waals surface area contributed by atoms with E-state index in [0.29, 0.717) is 5.56 Å².